The number of fused-ring (bicyclic) bond motifs is 1. The van der Waals surface area contributed by atoms with Crippen LogP contribution >= 0.6 is 0 Å². The molecule has 74 valence electrons. The molecule has 1 aliphatic heterocycles. The molecule has 2 rings (SSSR count). The molecule has 2 aliphatic rings. The Bertz CT molecular complexity index is 351. The molecule has 0 saturated carbocycles. The van der Waals surface area contributed by atoms with Crippen LogP contribution in [0.25, 0.3) is 0 Å². The highest BCUT2D eigenvalue weighted by atomic mass is 16.5. The first-order valence-electron chi connectivity index (χ1n) is 4.32. The summed E-state index contributed by atoms with van der Waals surface area (Å²) in [5, 5.41) is 17.7. The van der Waals surface area contributed by atoms with Gasteiger partial charge in [-0.1, -0.05) is 12.2 Å². The third kappa shape index (κ3) is 1.33. The van der Waals surface area contributed by atoms with Crippen LogP contribution in [0.5, 0.6) is 0 Å². The number of aliphatic hydroxyl groups is 1. The Hall–Kier alpha value is -1.55. The molecule has 2 unspecified atom stereocenters. The van der Waals surface area contributed by atoms with Crippen molar-refractivity contribution in [1.29, 1.82) is 0 Å². The molecule has 4 heteroatoms. The van der Waals surface area contributed by atoms with Crippen LogP contribution in [0.3, 0.4) is 0 Å². The number of ether oxygens (including phenoxy) is 1. The van der Waals surface area contributed by atoms with Crippen molar-refractivity contribution in [1.82, 2.24) is 0 Å². The molecule has 1 heterocycles. The zero-order valence-corrected chi connectivity index (χ0v) is 7.38. The van der Waals surface area contributed by atoms with E-state index in [0.29, 0.717) is 5.76 Å². The van der Waals surface area contributed by atoms with Crippen LogP contribution in [-0.4, -0.2) is 28.9 Å². The lowest BCUT2D eigenvalue weighted by Gasteiger charge is -2.19. The predicted molar refractivity (Wildman–Crippen MR) is 48.4 cm³/mol. The number of carboxylic acid groups (broad SMARTS) is 1. The van der Waals surface area contributed by atoms with Crippen LogP contribution < -0.4 is 0 Å². The maximum Gasteiger partial charge on any atom is 0.335 e. The van der Waals surface area contributed by atoms with Crippen molar-refractivity contribution in [3.8, 4) is 0 Å². The minimum Gasteiger partial charge on any atom is -0.487 e. The molecule has 0 amide bonds. The van der Waals surface area contributed by atoms with Crippen molar-refractivity contribution < 1.29 is 19.7 Å². The fraction of sp³-hybridized carbons (Fsp3) is 0.300. The highest BCUT2D eigenvalue weighted by Gasteiger charge is 2.34. The van der Waals surface area contributed by atoms with Gasteiger partial charge in [0.1, 0.15) is 18.5 Å². The lowest BCUT2D eigenvalue weighted by molar-refractivity contribution is -0.134. The van der Waals surface area contributed by atoms with E-state index < -0.39 is 12.1 Å². The van der Waals surface area contributed by atoms with Gasteiger partial charge in [0.25, 0.3) is 0 Å². The van der Waals surface area contributed by atoms with E-state index in [2.05, 4.69) is 0 Å². The Balaban J connectivity index is 2.25. The Morgan fingerprint density at radius 1 is 1.57 bits per heavy atom. The Morgan fingerprint density at radius 2 is 2.36 bits per heavy atom. The molecule has 0 bridgehead atoms. The smallest absolute Gasteiger partial charge is 0.335 e. The molecule has 0 saturated heterocycles. The van der Waals surface area contributed by atoms with Crippen molar-refractivity contribution in [3.63, 3.8) is 0 Å². The van der Waals surface area contributed by atoms with E-state index in [9.17, 15) is 4.79 Å². The second kappa shape index (κ2) is 3.31. The van der Waals surface area contributed by atoms with Crippen LogP contribution in [0.4, 0.5) is 0 Å². The molecule has 0 aromatic heterocycles. The molecule has 0 spiro atoms. The molecule has 2 atom stereocenters. The zero-order valence-electron chi connectivity index (χ0n) is 7.38. The quantitative estimate of drug-likeness (QED) is 0.670. The predicted octanol–water partition coefficient (Wildman–Crippen LogP) is 0.458. The average Bonchev–Trinajstić information content (AvgIpc) is 2.59. The Labute approximate surface area is 80.8 Å². The minimum absolute atomic E-state index is 0.0618. The van der Waals surface area contributed by atoms with Gasteiger partial charge in [0, 0.05) is 5.92 Å². The van der Waals surface area contributed by atoms with Gasteiger partial charge < -0.3 is 14.9 Å². The lowest BCUT2D eigenvalue weighted by atomic mass is 9.92. The summed E-state index contributed by atoms with van der Waals surface area (Å²) in [7, 11) is 0. The molecular weight excluding hydrogens is 184 g/mol. The number of rotatable bonds is 2. The van der Waals surface area contributed by atoms with Gasteiger partial charge in [0.2, 0.25) is 0 Å². The van der Waals surface area contributed by atoms with E-state index >= 15 is 0 Å². The molecule has 2 N–H and O–H groups in total. The molecule has 0 fully saturated rings. The van der Waals surface area contributed by atoms with E-state index in [-0.39, 0.29) is 18.1 Å². The number of carbonyl (C=O) groups is 1. The van der Waals surface area contributed by atoms with E-state index in [0.717, 1.165) is 0 Å². The second-order valence-electron chi connectivity index (χ2n) is 3.22. The molecular formula is C10H10O4. The van der Waals surface area contributed by atoms with Crippen LogP contribution in [-0.2, 0) is 9.53 Å². The van der Waals surface area contributed by atoms with Crippen molar-refractivity contribution in [2.75, 3.05) is 6.61 Å². The topological polar surface area (TPSA) is 66.8 Å². The highest BCUT2D eigenvalue weighted by Crippen LogP contribution is 2.32. The van der Waals surface area contributed by atoms with Crippen molar-refractivity contribution in [3.05, 3.63) is 35.6 Å². The summed E-state index contributed by atoms with van der Waals surface area (Å²) in [5.74, 6) is -0.594. The number of aliphatic carboxylic acids is 1. The summed E-state index contributed by atoms with van der Waals surface area (Å²) >= 11 is 0. The summed E-state index contributed by atoms with van der Waals surface area (Å²) in [6, 6.07) is 0. The van der Waals surface area contributed by atoms with E-state index in [1.165, 1.54) is 6.08 Å². The second-order valence-corrected chi connectivity index (χ2v) is 3.22. The van der Waals surface area contributed by atoms with Crippen molar-refractivity contribution >= 4 is 5.97 Å². The van der Waals surface area contributed by atoms with Gasteiger partial charge in [-0.05, 0) is 12.2 Å². The number of hydrogen-bond donors (Lipinski definition) is 2. The van der Waals surface area contributed by atoms with E-state index in [4.69, 9.17) is 14.9 Å². The van der Waals surface area contributed by atoms with Crippen LogP contribution in [0.1, 0.15) is 0 Å². The molecule has 0 aromatic rings. The fourth-order valence-electron chi connectivity index (χ4n) is 1.68. The maximum absolute atomic E-state index is 10.8. The van der Waals surface area contributed by atoms with Crippen LogP contribution in [0, 0.1) is 5.92 Å². The molecule has 0 aromatic carbocycles. The molecule has 1 aliphatic carbocycles. The third-order valence-corrected chi connectivity index (χ3v) is 2.32. The minimum atomic E-state index is -0.975. The van der Waals surface area contributed by atoms with E-state index in [1.54, 1.807) is 12.2 Å². The normalized spacial score (nSPS) is 28.9. The van der Waals surface area contributed by atoms with Crippen molar-refractivity contribution in [2.24, 2.45) is 5.92 Å². The van der Waals surface area contributed by atoms with Gasteiger partial charge >= 0.3 is 5.97 Å². The third-order valence-electron chi connectivity index (χ3n) is 2.32. The largest absolute Gasteiger partial charge is 0.487 e. The molecule has 0 radical (unpaired) electrons. The van der Waals surface area contributed by atoms with Crippen LogP contribution in [0.15, 0.2) is 35.6 Å². The number of allylic oxidation sites excluding steroid dienone is 2. The first kappa shape index (κ1) is 9.02. The van der Waals surface area contributed by atoms with Gasteiger partial charge in [0.15, 0.2) is 0 Å². The number of carboxylic acids is 1. The van der Waals surface area contributed by atoms with Gasteiger partial charge in [-0.15, -0.1) is 0 Å². The van der Waals surface area contributed by atoms with Gasteiger partial charge in [0.05, 0.1) is 5.57 Å². The standard InChI is InChI=1S/C10H10O4/c11-5-7-4-6-2-1-3-8(10(12)13)9(6)14-7/h1-4,6,9,11H,5H2,(H,12,13). The van der Waals surface area contributed by atoms with Gasteiger partial charge in [-0.25, -0.2) is 4.79 Å². The van der Waals surface area contributed by atoms with E-state index in [1.807, 2.05) is 6.08 Å². The monoisotopic (exact) mass is 194 g/mol. The molecule has 4 nitrogen and oxygen atoms in total. The first-order chi connectivity index (χ1) is 6.72. The summed E-state index contributed by atoms with van der Waals surface area (Å²) in [6.07, 6.45) is 6.36. The number of aliphatic hydroxyl groups excluding tert-OH is 1. The summed E-state index contributed by atoms with van der Waals surface area (Å²) in [4.78, 5) is 10.8. The summed E-state index contributed by atoms with van der Waals surface area (Å²) < 4.78 is 5.30. The first-order valence-corrected chi connectivity index (χ1v) is 4.32. The number of hydrogen-bond acceptors (Lipinski definition) is 3. The van der Waals surface area contributed by atoms with Gasteiger partial charge in [-0.3, -0.25) is 0 Å². The maximum atomic E-state index is 10.8. The summed E-state index contributed by atoms with van der Waals surface area (Å²) in [6.45, 7) is -0.187. The SMILES string of the molecule is O=C(O)C1=CC=CC2C=C(CO)OC12. The van der Waals surface area contributed by atoms with Gasteiger partial charge in [-0.2, -0.15) is 0 Å². The highest BCUT2D eigenvalue weighted by molar-refractivity contribution is 5.89. The average molecular weight is 194 g/mol. The van der Waals surface area contributed by atoms with Crippen molar-refractivity contribution in [2.45, 2.75) is 6.10 Å². The van der Waals surface area contributed by atoms with Crippen LogP contribution in [0.2, 0.25) is 0 Å². The summed E-state index contributed by atoms with van der Waals surface area (Å²) in [5.41, 5.74) is 0.234. The molecule has 14 heavy (non-hydrogen) atoms. The lowest BCUT2D eigenvalue weighted by Crippen LogP contribution is -2.25. The Kier molecular flexibility index (Phi) is 2.13. The zero-order chi connectivity index (χ0) is 10.1. The Morgan fingerprint density at radius 3 is 3.00 bits per heavy atom. The fourth-order valence-corrected chi connectivity index (χ4v) is 1.68.